The summed E-state index contributed by atoms with van der Waals surface area (Å²) in [4.78, 5) is 2.62. The largest absolute Gasteiger partial charge is 0.380 e. The van der Waals surface area contributed by atoms with E-state index in [1.807, 2.05) is 7.11 Å². The maximum Gasteiger partial charge on any atom is 0.0755 e. The van der Waals surface area contributed by atoms with Crippen LogP contribution in [0.25, 0.3) is 0 Å². The molecule has 0 aromatic heterocycles. The second-order valence-electron chi connectivity index (χ2n) is 5.97. The van der Waals surface area contributed by atoms with Crippen LogP contribution in [0.5, 0.6) is 0 Å². The lowest BCUT2D eigenvalue weighted by Crippen LogP contribution is -2.69. The second-order valence-corrected chi connectivity index (χ2v) is 5.97. The van der Waals surface area contributed by atoms with Crippen molar-refractivity contribution in [1.29, 1.82) is 0 Å². The van der Waals surface area contributed by atoms with Gasteiger partial charge in [0.2, 0.25) is 0 Å². The number of nitrogens with zero attached hydrogens (tertiary/aromatic N) is 1. The van der Waals surface area contributed by atoms with Gasteiger partial charge in [-0.15, -0.1) is 0 Å². The third-order valence-electron chi connectivity index (χ3n) is 4.81. The van der Waals surface area contributed by atoms with Crippen molar-refractivity contribution in [2.24, 2.45) is 17.8 Å². The molecule has 0 bridgehead atoms. The van der Waals surface area contributed by atoms with E-state index in [0.29, 0.717) is 24.1 Å². The number of ether oxygens (including phenoxy) is 1. The first-order valence-corrected chi connectivity index (χ1v) is 7.28. The Morgan fingerprint density at radius 3 is 2.12 bits per heavy atom. The molecule has 1 fully saturated rings. The SMILES string of the molecule is CCC(C)[C@H](OC)C1[C@H](C(C)C)[C@H](C)N1CC. The topological polar surface area (TPSA) is 12.5 Å². The summed E-state index contributed by atoms with van der Waals surface area (Å²) in [5.74, 6) is 2.18. The fourth-order valence-corrected chi connectivity index (χ4v) is 3.70. The number of methoxy groups -OCH3 is 1. The van der Waals surface area contributed by atoms with E-state index >= 15 is 0 Å². The molecule has 0 saturated carbocycles. The standard InChI is InChI=1S/C15H31NO/c1-8-11(5)15(17-7)14-13(10(3)4)12(6)16(14)9-2/h10-15H,8-9H2,1-7H3/t11?,12-,13+,14?,15-/m0/s1. The third kappa shape index (κ3) is 2.68. The van der Waals surface area contributed by atoms with E-state index in [1.165, 1.54) is 6.42 Å². The Labute approximate surface area is 108 Å². The van der Waals surface area contributed by atoms with Gasteiger partial charge in [0.25, 0.3) is 0 Å². The molecule has 0 radical (unpaired) electrons. The summed E-state index contributed by atoms with van der Waals surface area (Å²) in [6.07, 6.45) is 1.59. The molecule has 2 unspecified atom stereocenters. The molecule has 1 heterocycles. The van der Waals surface area contributed by atoms with Gasteiger partial charge in [0.1, 0.15) is 0 Å². The molecule has 1 rings (SSSR count). The Morgan fingerprint density at radius 2 is 1.76 bits per heavy atom. The van der Waals surface area contributed by atoms with Crippen molar-refractivity contribution in [2.75, 3.05) is 13.7 Å². The van der Waals surface area contributed by atoms with Crippen LogP contribution in [0, 0.1) is 17.8 Å². The molecule has 2 nitrogen and oxygen atoms in total. The smallest absolute Gasteiger partial charge is 0.0755 e. The van der Waals surface area contributed by atoms with Crippen LogP contribution < -0.4 is 0 Å². The minimum Gasteiger partial charge on any atom is -0.380 e. The van der Waals surface area contributed by atoms with Gasteiger partial charge in [-0.1, -0.05) is 41.0 Å². The van der Waals surface area contributed by atoms with E-state index < -0.39 is 0 Å². The summed E-state index contributed by atoms with van der Waals surface area (Å²) in [7, 11) is 1.88. The fraction of sp³-hybridized carbons (Fsp3) is 1.00. The molecule has 5 atom stereocenters. The van der Waals surface area contributed by atoms with Crippen LogP contribution in [0.2, 0.25) is 0 Å². The van der Waals surface area contributed by atoms with E-state index in [1.54, 1.807) is 0 Å². The minimum absolute atomic E-state index is 0.392. The van der Waals surface area contributed by atoms with Gasteiger partial charge in [-0.3, -0.25) is 4.90 Å². The predicted octanol–water partition coefficient (Wildman–Crippen LogP) is 3.41. The lowest BCUT2D eigenvalue weighted by atomic mass is 9.69. The highest BCUT2D eigenvalue weighted by Crippen LogP contribution is 2.41. The number of rotatable bonds is 6. The Hall–Kier alpha value is -0.0800. The van der Waals surface area contributed by atoms with Crippen LogP contribution >= 0.6 is 0 Å². The molecule has 1 saturated heterocycles. The van der Waals surface area contributed by atoms with Crippen LogP contribution in [0.1, 0.15) is 48.0 Å². The minimum atomic E-state index is 0.392. The summed E-state index contributed by atoms with van der Waals surface area (Å²) < 4.78 is 5.83. The van der Waals surface area contributed by atoms with Gasteiger partial charge >= 0.3 is 0 Å². The zero-order valence-corrected chi connectivity index (χ0v) is 12.7. The van der Waals surface area contributed by atoms with Crippen LogP contribution in [0.4, 0.5) is 0 Å². The zero-order chi connectivity index (χ0) is 13.2. The first-order chi connectivity index (χ1) is 7.99. The zero-order valence-electron chi connectivity index (χ0n) is 12.7. The maximum atomic E-state index is 5.83. The van der Waals surface area contributed by atoms with Crippen LogP contribution in [-0.2, 0) is 4.74 Å². The average Bonchev–Trinajstić information content (AvgIpc) is 2.28. The molecule has 0 N–H and O–H groups in total. The van der Waals surface area contributed by atoms with Crippen molar-refractivity contribution in [3.63, 3.8) is 0 Å². The number of hydrogen-bond acceptors (Lipinski definition) is 2. The predicted molar refractivity (Wildman–Crippen MR) is 74.2 cm³/mol. The molecular weight excluding hydrogens is 210 g/mol. The van der Waals surface area contributed by atoms with Gasteiger partial charge in [0, 0.05) is 19.2 Å². The first kappa shape index (κ1) is 15.0. The Morgan fingerprint density at radius 1 is 1.18 bits per heavy atom. The maximum absolute atomic E-state index is 5.83. The normalized spacial score (nSPS) is 33.5. The monoisotopic (exact) mass is 241 g/mol. The molecule has 0 spiro atoms. The van der Waals surface area contributed by atoms with Crippen molar-refractivity contribution in [2.45, 2.75) is 66.2 Å². The first-order valence-electron chi connectivity index (χ1n) is 7.28. The van der Waals surface area contributed by atoms with Gasteiger partial charge in [0.15, 0.2) is 0 Å². The molecule has 2 heteroatoms. The lowest BCUT2D eigenvalue weighted by Gasteiger charge is -2.59. The summed E-state index contributed by atoms with van der Waals surface area (Å²) >= 11 is 0. The van der Waals surface area contributed by atoms with Crippen molar-refractivity contribution in [3.8, 4) is 0 Å². The van der Waals surface area contributed by atoms with Crippen molar-refractivity contribution >= 4 is 0 Å². The Bertz CT molecular complexity index is 229. The van der Waals surface area contributed by atoms with Crippen molar-refractivity contribution < 1.29 is 4.74 Å². The van der Waals surface area contributed by atoms with Crippen molar-refractivity contribution in [1.82, 2.24) is 4.90 Å². The molecule has 102 valence electrons. The summed E-state index contributed by atoms with van der Waals surface area (Å²) in [6.45, 7) is 15.1. The second kappa shape index (κ2) is 6.19. The lowest BCUT2D eigenvalue weighted by molar-refractivity contribution is -0.146. The van der Waals surface area contributed by atoms with E-state index in [2.05, 4.69) is 46.4 Å². The number of likely N-dealkylation sites (N-methyl/N-ethyl adjacent to an activating group) is 1. The molecule has 1 aliphatic rings. The van der Waals surface area contributed by atoms with Gasteiger partial charge in [0.05, 0.1) is 6.10 Å². The molecule has 0 aliphatic carbocycles. The molecule has 0 aromatic carbocycles. The number of likely N-dealkylation sites (tertiary alicyclic amines) is 1. The highest BCUT2D eigenvalue weighted by Gasteiger charge is 2.50. The third-order valence-corrected chi connectivity index (χ3v) is 4.81. The van der Waals surface area contributed by atoms with E-state index in [0.717, 1.165) is 18.4 Å². The number of hydrogen-bond donors (Lipinski definition) is 0. The van der Waals surface area contributed by atoms with Gasteiger partial charge in [-0.25, -0.2) is 0 Å². The highest BCUT2D eigenvalue weighted by molar-refractivity contribution is 5.03. The molecule has 1 aliphatic heterocycles. The summed E-state index contributed by atoms with van der Waals surface area (Å²) in [6, 6.07) is 1.33. The van der Waals surface area contributed by atoms with Crippen LogP contribution in [0.3, 0.4) is 0 Å². The Balaban J connectivity index is 2.82. The van der Waals surface area contributed by atoms with E-state index in [9.17, 15) is 0 Å². The highest BCUT2D eigenvalue weighted by atomic mass is 16.5. The van der Waals surface area contributed by atoms with Crippen LogP contribution in [0.15, 0.2) is 0 Å². The van der Waals surface area contributed by atoms with E-state index in [-0.39, 0.29) is 0 Å². The quantitative estimate of drug-likeness (QED) is 0.706. The van der Waals surface area contributed by atoms with Crippen molar-refractivity contribution in [3.05, 3.63) is 0 Å². The fourth-order valence-electron chi connectivity index (χ4n) is 3.70. The van der Waals surface area contributed by atoms with Gasteiger partial charge in [-0.05, 0) is 31.2 Å². The molecule has 17 heavy (non-hydrogen) atoms. The Kier molecular flexibility index (Phi) is 5.46. The summed E-state index contributed by atoms with van der Waals surface area (Å²) in [5.41, 5.74) is 0. The summed E-state index contributed by atoms with van der Waals surface area (Å²) in [5, 5.41) is 0. The van der Waals surface area contributed by atoms with Crippen LogP contribution in [-0.4, -0.2) is 36.7 Å². The van der Waals surface area contributed by atoms with Gasteiger partial charge in [-0.2, -0.15) is 0 Å². The molecule has 0 amide bonds. The van der Waals surface area contributed by atoms with Gasteiger partial charge < -0.3 is 4.74 Å². The van der Waals surface area contributed by atoms with E-state index in [4.69, 9.17) is 4.74 Å². The molecule has 0 aromatic rings. The average molecular weight is 241 g/mol. The molecular formula is C15H31NO.